The van der Waals surface area contributed by atoms with Crippen LogP contribution in [0.5, 0.6) is 0 Å². The summed E-state index contributed by atoms with van der Waals surface area (Å²) < 4.78 is 27.5. The number of aromatic nitrogens is 1. The van der Waals surface area contributed by atoms with Crippen molar-refractivity contribution in [3.63, 3.8) is 0 Å². The van der Waals surface area contributed by atoms with Crippen molar-refractivity contribution in [1.29, 1.82) is 5.26 Å². The molecule has 10 heteroatoms. The molecule has 3 amide bonds. The van der Waals surface area contributed by atoms with Gasteiger partial charge in [-0.05, 0) is 51.2 Å². The van der Waals surface area contributed by atoms with Gasteiger partial charge in [-0.15, -0.1) is 0 Å². The molecule has 180 valence electrons. The molecule has 1 aliphatic heterocycles. The fourth-order valence-corrected chi connectivity index (χ4v) is 4.53. The van der Waals surface area contributed by atoms with E-state index in [0.717, 1.165) is 25.0 Å². The van der Waals surface area contributed by atoms with Crippen molar-refractivity contribution in [3.05, 3.63) is 35.5 Å². The van der Waals surface area contributed by atoms with E-state index in [2.05, 4.69) is 20.9 Å². The van der Waals surface area contributed by atoms with Gasteiger partial charge in [0.05, 0.1) is 11.6 Å². The molecule has 0 unspecified atom stereocenters. The zero-order valence-corrected chi connectivity index (χ0v) is 19.0. The molecule has 3 atom stereocenters. The van der Waals surface area contributed by atoms with E-state index >= 15 is 0 Å². The molecule has 4 rings (SSSR count). The molecule has 8 nitrogen and oxygen atoms in total. The van der Waals surface area contributed by atoms with Gasteiger partial charge in [0, 0.05) is 22.9 Å². The maximum Gasteiger partial charge on any atom is 0.268 e. The van der Waals surface area contributed by atoms with Crippen LogP contribution in [0.15, 0.2) is 18.2 Å². The average Bonchev–Trinajstić information content (AvgIpc) is 3.39. The van der Waals surface area contributed by atoms with Gasteiger partial charge in [0.2, 0.25) is 11.8 Å². The predicted octanol–water partition coefficient (Wildman–Crippen LogP) is 2.66. The number of aromatic amines is 1. The second-order valence-electron chi connectivity index (χ2n) is 9.94. The van der Waals surface area contributed by atoms with Crippen LogP contribution < -0.4 is 16.0 Å². The lowest BCUT2D eigenvalue weighted by Gasteiger charge is -2.21. The van der Waals surface area contributed by atoms with Crippen LogP contribution in [-0.4, -0.2) is 40.3 Å². The summed E-state index contributed by atoms with van der Waals surface area (Å²) in [6.07, 6.45) is 3.01. The van der Waals surface area contributed by atoms with Crippen molar-refractivity contribution in [2.45, 2.75) is 63.6 Å². The molecular weight excluding hydrogens is 444 g/mol. The van der Waals surface area contributed by atoms with Gasteiger partial charge in [0.15, 0.2) is 0 Å². The number of carbonyl (C=O) groups is 3. The van der Waals surface area contributed by atoms with Crippen molar-refractivity contribution in [3.8, 4) is 6.07 Å². The predicted molar refractivity (Wildman–Crippen MR) is 119 cm³/mol. The van der Waals surface area contributed by atoms with Gasteiger partial charge < -0.3 is 20.9 Å². The summed E-state index contributed by atoms with van der Waals surface area (Å²) in [5, 5.41) is 18.0. The largest absolute Gasteiger partial charge is 0.351 e. The third-order valence-electron chi connectivity index (χ3n) is 6.36. The highest BCUT2D eigenvalue weighted by molar-refractivity contribution is 6.00. The summed E-state index contributed by atoms with van der Waals surface area (Å²) in [6, 6.07) is 3.39. The lowest BCUT2D eigenvalue weighted by atomic mass is 9.92. The van der Waals surface area contributed by atoms with E-state index < -0.39 is 41.5 Å². The number of nitriles is 1. The molecular formula is C24H27F2N5O3. The highest BCUT2D eigenvalue weighted by Crippen LogP contribution is 2.34. The number of rotatable bonds is 8. The summed E-state index contributed by atoms with van der Waals surface area (Å²) in [5.74, 6) is -2.99. The van der Waals surface area contributed by atoms with Crippen LogP contribution in [0.2, 0.25) is 0 Å². The molecule has 0 radical (unpaired) electrons. The molecule has 1 aliphatic carbocycles. The zero-order chi connectivity index (χ0) is 24.6. The first-order valence-electron chi connectivity index (χ1n) is 11.4. The Bertz CT molecular complexity index is 1180. The Morgan fingerprint density at radius 3 is 2.56 bits per heavy atom. The second kappa shape index (κ2) is 9.05. The van der Waals surface area contributed by atoms with Crippen LogP contribution in [0.4, 0.5) is 8.78 Å². The Kier molecular flexibility index (Phi) is 6.30. The van der Waals surface area contributed by atoms with Gasteiger partial charge >= 0.3 is 0 Å². The molecule has 0 spiro atoms. The minimum Gasteiger partial charge on any atom is -0.351 e. The van der Waals surface area contributed by atoms with E-state index in [-0.39, 0.29) is 40.4 Å². The molecule has 1 saturated heterocycles. The number of halogens is 2. The minimum atomic E-state index is -0.905. The molecule has 2 heterocycles. The Morgan fingerprint density at radius 1 is 1.21 bits per heavy atom. The molecule has 2 aliphatic rings. The van der Waals surface area contributed by atoms with Gasteiger partial charge in [0.25, 0.3) is 5.91 Å². The summed E-state index contributed by atoms with van der Waals surface area (Å²) in [5.41, 5.74) is -0.372. The van der Waals surface area contributed by atoms with Gasteiger partial charge in [-0.25, -0.2) is 8.78 Å². The number of hydrogen-bond acceptors (Lipinski definition) is 4. The van der Waals surface area contributed by atoms with Gasteiger partial charge in [-0.2, -0.15) is 5.26 Å². The molecule has 1 aromatic carbocycles. The second-order valence-corrected chi connectivity index (χ2v) is 9.94. The first kappa shape index (κ1) is 23.7. The van der Waals surface area contributed by atoms with Crippen LogP contribution >= 0.6 is 0 Å². The normalized spacial score (nSPS) is 20.9. The van der Waals surface area contributed by atoms with E-state index in [9.17, 15) is 28.4 Å². The number of fused-ring (bicyclic) bond motifs is 1. The van der Waals surface area contributed by atoms with Crippen LogP contribution in [0.25, 0.3) is 10.9 Å². The lowest BCUT2D eigenvalue weighted by Crippen LogP contribution is -2.50. The maximum absolute atomic E-state index is 14.0. The van der Waals surface area contributed by atoms with Crippen molar-refractivity contribution >= 4 is 28.6 Å². The Hall–Kier alpha value is -3.48. The molecule has 1 saturated carbocycles. The lowest BCUT2D eigenvalue weighted by molar-refractivity contribution is -0.125. The molecule has 2 fully saturated rings. The van der Waals surface area contributed by atoms with E-state index in [0.29, 0.717) is 12.8 Å². The third kappa shape index (κ3) is 5.35. The van der Waals surface area contributed by atoms with E-state index in [1.165, 1.54) is 6.07 Å². The number of hydrogen-bond donors (Lipinski definition) is 4. The number of benzene rings is 1. The summed E-state index contributed by atoms with van der Waals surface area (Å²) in [7, 11) is 0. The number of nitrogens with one attached hydrogen (secondary N) is 4. The maximum atomic E-state index is 14.0. The summed E-state index contributed by atoms with van der Waals surface area (Å²) >= 11 is 0. The van der Waals surface area contributed by atoms with E-state index in [1.54, 1.807) is 0 Å². The van der Waals surface area contributed by atoms with E-state index in [4.69, 9.17) is 0 Å². The van der Waals surface area contributed by atoms with Crippen molar-refractivity contribution < 1.29 is 23.2 Å². The Labute approximate surface area is 195 Å². The van der Waals surface area contributed by atoms with Crippen LogP contribution in [0.1, 0.15) is 56.4 Å². The molecule has 2 aromatic rings. The highest BCUT2D eigenvalue weighted by Gasteiger charge is 2.39. The third-order valence-corrected chi connectivity index (χ3v) is 6.36. The zero-order valence-electron chi connectivity index (χ0n) is 19.0. The molecule has 1 aromatic heterocycles. The molecule has 4 N–H and O–H groups in total. The fourth-order valence-electron chi connectivity index (χ4n) is 4.53. The SMILES string of the molecule is CC1(C)C[C@@H](C[C@@H](C#N)NC(=O)[C@H](CC2CC2)NC(=O)c2cc3cc(F)cc(F)c3[nH]2)C(=O)N1. The van der Waals surface area contributed by atoms with Crippen LogP contribution in [-0.2, 0) is 9.59 Å². The van der Waals surface area contributed by atoms with Gasteiger partial charge in [-0.1, -0.05) is 12.8 Å². The number of amides is 3. The van der Waals surface area contributed by atoms with Gasteiger partial charge in [0.1, 0.15) is 29.4 Å². The fraction of sp³-hybridized carbons (Fsp3) is 0.500. The van der Waals surface area contributed by atoms with Gasteiger partial charge in [-0.3, -0.25) is 14.4 Å². The van der Waals surface area contributed by atoms with E-state index in [1.807, 2.05) is 19.9 Å². The first-order chi connectivity index (χ1) is 16.0. The first-order valence-corrected chi connectivity index (χ1v) is 11.4. The minimum absolute atomic E-state index is 0.00273. The van der Waals surface area contributed by atoms with Crippen molar-refractivity contribution in [2.75, 3.05) is 0 Å². The summed E-state index contributed by atoms with van der Waals surface area (Å²) in [4.78, 5) is 40.6. The number of nitrogens with zero attached hydrogens (tertiary/aromatic N) is 1. The number of carbonyl (C=O) groups excluding carboxylic acids is 3. The number of H-pyrrole nitrogens is 1. The average molecular weight is 472 g/mol. The highest BCUT2D eigenvalue weighted by atomic mass is 19.1. The summed E-state index contributed by atoms with van der Waals surface area (Å²) in [6.45, 7) is 3.80. The van der Waals surface area contributed by atoms with Crippen molar-refractivity contribution in [1.82, 2.24) is 20.9 Å². The smallest absolute Gasteiger partial charge is 0.268 e. The van der Waals surface area contributed by atoms with Crippen molar-refractivity contribution in [2.24, 2.45) is 11.8 Å². The molecule has 0 bridgehead atoms. The van der Waals surface area contributed by atoms with Crippen LogP contribution in [0, 0.1) is 34.8 Å². The topological polar surface area (TPSA) is 127 Å². The van der Waals surface area contributed by atoms with Crippen LogP contribution in [0.3, 0.4) is 0 Å². The standard InChI is InChI=1S/C24H27F2N5O3/c1-24(2)10-14(21(32)31-24)7-16(11-27)28-22(33)18(5-12-3-4-12)30-23(34)19-8-13-6-15(25)9-17(26)20(13)29-19/h6,8-9,12,14,16,18,29H,3-5,7,10H2,1-2H3,(H,28,33)(H,30,34)(H,31,32)/t14-,16+,18+/m1/s1. The molecule has 34 heavy (non-hydrogen) atoms. The monoisotopic (exact) mass is 471 g/mol. The Balaban J connectivity index is 1.44. The Morgan fingerprint density at radius 2 is 1.94 bits per heavy atom. The quantitative estimate of drug-likeness (QED) is 0.472.